The van der Waals surface area contributed by atoms with E-state index in [0.29, 0.717) is 6.04 Å². The lowest BCUT2D eigenvalue weighted by atomic mass is 10.2. The van der Waals surface area contributed by atoms with Crippen LogP contribution in [-0.4, -0.2) is 87.6 Å². The molecule has 112 valence electrons. The molecule has 1 aliphatic rings. The van der Waals surface area contributed by atoms with Gasteiger partial charge in [0.25, 0.3) is 0 Å². The Hall–Kier alpha value is -0.810. The van der Waals surface area contributed by atoms with Gasteiger partial charge in [-0.05, 0) is 20.5 Å². The molecule has 0 bridgehead atoms. The number of aliphatic imine (C=N–C) groups is 1. The van der Waals surface area contributed by atoms with Crippen molar-refractivity contribution in [2.45, 2.75) is 25.8 Å². The predicted octanol–water partition coefficient (Wildman–Crippen LogP) is 0.540. The first-order valence-electron chi connectivity index (χ1n) is 7.39. The van der Waals surface area contributed by atoms with Gasteiger partial charge in [0.1, 0.15) is 0 Å². The molecule has 0 radical (unpaired) electrons. The third-order valence-corrected chi connectivity index (χ3v) is 3.90. The number of piperazine rings is 1. The van der Waals surface area contributed by atoms with Crippen LogP contribution in [-0.2, 0) is 0 Å². The first kappa shape index (κ1) is 16.2. The molecule has 0 aliphatic carbocycles. The van der Waals surface area contributed by atoms with E-state index in [9.17, 15) is 0 Å². The lowest BCUT2D eigenvalue weighted by molar-refractivity contribution is 0.116. The average Bonchev–Trinajstić information content (AvgIpc) is 2.40. The van der Waals surface area contributed by atoms with Gasteiger partial charge in [-0.25, -0.2) is 0 Å². The number of guanidine groups is 1. The van der Waals surface area contributed by atoms with E-state index in [2.05, 4.69) is 53.1 Å². The number of hydrogen-bond donors (Lipinski definition) is 1. The summed E-state index contributed by atoms with van der Waals surface area (Å²) in [6, 6.07) is 0.565. The largest absolute Gasteiger partial charge is 0.355 e. The zero-order valence-corrected chi connectivity index (χ0v) is 13.3. The topological polar surface area (TPSA) is 34.1 Å². The van der Waals surface area contributed by atoms with Crippen LogP contribution in [0.15, 0.2) is 4.99 Å². The lowest BCUT2D eigenvalue weighted by Gasteiger charge is -2.38. The van der Waals surface area contributed by atoms with Gasteiger partial charge >= 0.3 is 0 Å². The van der Waals surface area contributed by atoms with Crippen molar-refractivity contribution in [2.24, 2.45) is 4.99 Å². The molecule has 5 nitrogen and oxygen atoms in total. The van der Waals surface area contributed by atoms with E-state index < -0.39 is 0 Å². The van der Waals surface area contributed by atoms with Gasteiger partial charge in [0.2, 0.25) is 0 Å². The minimum Gasteiger partial charge on any atom is -0.355 e. The summed E-state index contributed by atoms with van der Waals surface area (Å²) in [6.45, 7) is 7.68. The summed E-state index contributed by atoms with van der Waals surface area (Å²) in [6.07, 6.45) is 2.43. The maximum Gasteiger partial charge on any atom is 0.193 e. The van der Waals surface area contributed by atoms with Crippen molar-refractivity contribution in [1.82, 2.24) is 20.0 Å². The highest BCUT2D eigenvalue weighted by Crippen LogP contribution is 2.05. The van der Waals surface area contributed by atoms with Crippen LogP contribution in [0, 0.1) is 0 Å². The van der Waals surface area contributed by atoms with E-state index in [1.54, 1.807) is 0 Å². The van der Waals surface area contributed by atoms with E-state index in [-0.39, 0.29) is 0 Å². The van der Waals surface area contributed by atoms with Crippen LogP contribution in [0.5, 0.6) is 0 Å². The fourth-order valence-electron chi connectivity index (χ4n) is 2.42. The maximum atomic E-state index is 4.37. The molecule has 0 spiro atoms. The highest BCUT2D eigenvalue weighted by molar-refractivity contribution is 5.79. The van der Waals surface area contributed by atoms with Crippen molar-refractivity contribution in [3.05, 3.63) is 0 Å². The van der Waals surface area contributed by atoms with E-state index in [1.165, 1.54) is 12.8 Å². The van der Waals surface area contributed by atoms with Gasteiger partial charge < -0.3 is 15.1 Å². The third-order valence-electron chi connectivity index (χ3n) is 3.90. The molecule has 1 aliphatic heterocycles. The molecule has 0 saturated carbocycles. The monoisotopic (exact) mass is 269 g/mol. The molecule has 19 heavy (non-hydrogen) atoms. The van der Waals surface area contributed by atoms with Crippen molar-refractivity contribution in [3.63, 3.8) is 0 Å². The molecular formula is C14H31N5. The molecule has 1 rings (SSSR count). The lowest BCUT2D eigenvalue weighted by Crippen LogP contribution is -2.55. The Kier molecular flexibility index (Phi) is 7.16. The number of hydrogen-bond acceptors (Lipinski definition) is 3. The Morgan fingerprint density at radius 1 is 1.37 bits per heavy atom. The number of nitrogens with zero attached hydrogens (tertiary/aromatic N) is 4. The van der Waals surface area contributed by atoms with Crippen molar-refractivity contribution >= 4 is 5.96 Å². The van der Waals surface area contributed by atoms with Crippen molar-refractivity contribution in [2.75, 3.05) is 60.9 Å². The fourth-order valence-corrected chi connectivity index (χ4v) is 2.42. The third kappa shape index (κ3) is 5.37. The molecule has 5 heteroatoms. The zero-order chi connectivity index (χ0) is 14.3. The SMILES string of the molecule is CCCCN(C)C(=NC)NCC1CN(C)CCN1C. The Balaban J connectivity index is 2.40. The number of nitrogens with one attached hydrogen (secondary N) is 1. The van der Waals surface area contributed by atoms with Crippen LogP contribution < -0.4 is 5.32 Å². The van der Waals surface area contributed by atoms with Gasteiger partial charge in [-0.1, -0.05) is 13.3 Å². The fraction of sp³-hybridized carbons (Fsp3) is 0.929. The predicted molar refractivity (Wildman–Crippen MR) is 82.8 cm³/mol. The van der Waals surface area contributed by atoms with Gasteiger partial charge in [-0.15, -0.1) is 0 Å². The van der Waals surface area contributed by atoms with Gasteiger partial charge in [0.15, 0.2) is 5.96 Å². The van der Waals surface area contributed by atoms with Gasteiger partial charge in [-0.2, -0.15) is 0 Å². The Labute approximate surface area is 118 Å². The molecular weight excluding hydrogens is 238 g/mol. The quantitative estimate of drug-likeness (QED) is 0.583. The summed E-state index contributed by atoms with van der Waals surface area (Å²) in [5.41, 5.74) is 0. The van der Waals surface area contributed by atoms with Gasteiger partial charge in [-0.3, -0.25) is 9.89 Å². The molecule has 0 aromatic rings. The zero-order valence-electron chi connectivity index (χ0n) is 13.3. The Morgan fingerprint density at radius 2 is 2.11 bits per heavy atom. The molecule has 1 N–H and O–H groups in total. The number of unbranched alkanes of at least 4 members (excludes halogenated alkanes) is 1. The number of rotatable bonds is 5. The minimum absolute atomic E-state index is 0.565. The Morgan fingerprint density at radius 3 is 2.74 bits per heavy atom. The second-order valence-electron chi connectivity index (χ2n) is 5.60. The summed E-state index contributed by atoms with van der Waals surface area (Å²) in [7, 11) is 8.38. The van der Waals surface area contributed by atoms with Crippen LogP contribution in [0.1, 0.15) is 19.8 Å². The van der Waals surface area contributed by atoms with Crippen LogP contribution >= 0.6 is 0 Å². The summed E-state index contributed by atoms with van der Waals surface area (Å²) >= 11 is 0. The first-order valence-corrected chi connectivity index (χ1v) is 7.39. The van der Waals surface area contributed by atoms with Gasteiger partial charge in [0.05, 0.1) is 0 Å². The van der Waals surface area contributed by atoms with Crippen molar-refractivity contribution < 1.29 is 0 Å². The molecule has 0 aromatic carbocycles. The van der Waals surface area contributed by atoms with Crippen LogP contribution in [0.25, 0.3) is 0 Å². The summed E-state index contributed by atoms with van der Waals surface area (Å²) in [4.78, 5) is 11.4. The molecule has 1 unspecified atom stereocenters. The number of likely N-dealkylation sites (N-methyl/N-ethyl adjacent to an activating group) is 2. The molecule has 1 atom stereocenters. The second-order valence-corrected chi connectivity index (χ2v) is 5.60. The normalized spacial score (nSPS) is 22.6. The maximum absolute atomic E-state index is 4.37. The second kappa shape index (κ2) is 8.38. The van der Waals surface area contributed by atoms with Gasteiger partial charge in [0, 0.05) is 52.9 Å². The molecule has 1 saturated heterocycles. The van der Waals surface area contributed by atoms with Crippen molar-refractivity contribution in [1.29, 1.82) is 0 Å². The first-order chi connectivity index (χ1) is 9.08. The van der Waals surface area contributed by atoms with E-state index in [1.807, 2.05) is 7.05 Å². The highest BCUT2D eigenvalue weighted by Gasteiger charge is 2.22. The summed E-state index contributed by atoms with van der Waals surface area (Å²) < 4.78 is 0. The van der Waals surface area contributed by atoms with E-state index >= 15 is 0 Å². The molecule has 0 aromatic heterocycles. The molecule has 1 heterocycles. The van der Waals surface area contributed by atoms with E-state index in [0.717, 1.165) is 38.7 Å². The molecule has 0 amide bonds. The van der Waals surface area contributed by atoms with Crippen LogP contribution in [0.3, 0.4) is 0 Å². The van der Waals surface area contributed by atoms with Crippen LogP contribution in [0.2, 0.25) is 0 Å². The average molecular weight is 269 g/mol. The smallest absolute Gasteiger partial charge is 0.193 e. The minimum atomic E-state index is 0.565. The van der Waals surface area contributed by atoms with Crippen molar-refractivity contribution in [3.8, 4) is 0 Å². The Bertz CT molecular complexity index is 279. The summed E-state index contributed by atoms with van der Waals surface area (Å²) in [5.74, 6) is 1.01. The van der Waals surface area contributed by atoms with E-state index in [4.69, 9.17) is 0 Å². The molecule has 1 fully saturated rings. The standard InChI is InChI=1S/C14H31N5/c1-6-7-8-19(5)14(15-2)16-11-13-12-17(3)9-10-18(13)4/h13H,6-12H2,1-5H3,(H,15,16). The highest BCUT2D eigenvalue weighted by atomic mass is 15.3. The van der Waals surface area contributed by atoms with Crippen LogP contribution in [0.4, 0.5) is 0 Å². The summed E-state index contributed by atoms with van der Waals surface area (Å²) in [5, 5.41) is 3.51.